The molecule has 0 aliphatic rings. The highest BCUT2D eigenvalue weighted by molar-refractivity contribution is 5.85. The number of carbonyl (C=O) groups is 1. The van der Waals surface area contributed by atoms with Crippen molar-refractivity contribution in [3.05, 3.63) is 30.1 Å². The number of rotatable bonds is 2. The van der Waals surface area contributed by atoms with Gasteiger partial charge in [-0.1, -0.05) is 6.07 Å². The van der Waals surface area contributed by atoms with Crippen molar-refractivity contribution in [1.82, 2.24) is 4.98 Å². The van der Waals surface area contributed by atoms with Gasteiger partial charge in [0.1, 0.15) is 5.92 Å². The van der Waals surface area contributed by atoms with E-state index in [1.165, 1.54) is 13.1 Å². The molecule has 0 N–H and O–H groups in total. The van der Waals surface area contributed by atoms with E-state index in [1.54, 1.807) is 18.3 Å². The van der Waals surface area contributed by atoms with E-state index >= 15 is 0 Å². The fourth-order valence-corrected chi connectivity index (χ4v) is 0.947. The second-order valence-corrected chi connectivity index (χ2v) is 2.46. The number of hydrogen-bond acceptors (Lipinski definition) is 3. The molecule has 0 fully saturated rings. The van der Waals surface area contributed by atoms with Crippen molar-refractivity contribution in [1.29, 1.82) is 5.26 Å². The Balaban J connectivity index is 2.98. The third-order valence-electron chi connectivity index (χ3n) is 1.55. The van der Waals surface area contributed by atoms with E-state index in [0.29, 0.717) is 5.56 Å². The minimum absolute atomic E-state index is 0.148. The molecule has 0 saturated carbocycles. The van der Waals surface area contributed by atoms with Crippen LogP contribution in [0.25, 0.3) is 0 Å². The molecule has 0 aromatic carbocycles. The van der Waals surface area contributed by atoms with Gasteiger partial charge in [-0.15, -0.1) is 0 Å². The first kappa shape index (κ1) is 8.41. The van der Waals surface area contributed by atoms with Gasteiger partial charge < -0.3 is 0 Å². The first-order valence-corrected chi connectivity index (χ1v) is 3.55. The van der Waals surface area contributed by atoms with Crippen LogP contribution in [-0.2, 0) is 4.79 Å². The van der Waals surface area contributed by atoms with Crippen molar-refractivity contribution in [2.75, 3.05) is 0 Å². The number of nitrogens with zero attached hydrogens (tertiary/aromatic N) is 2. The Morgan fingerprint density at radius 3 is 2.92 bits per heavy atom. The van der Waals surface area contributed by atoms with Crippen LogP contribution in [0.2, 0.25) is 0 Å². The summed E-state index contributed by atoms with van der Waals surface area (Å²) in [6.07, 6.45) is 3.15. The molecule has 1 rings (SSSR count). The molecule has 0 amide bonds. The maximum absolute atomic E-state index is 10.9. The molecule has 0 bridgehead atoms. The summed E-state index contributed by atoms with van der Waals surface area (Å²) >= 11 is 0. The lowest BCUT2D eigenvalue weighted by molar-refractivity contribution is -0.117. The molecule has 0 aliphatic heterocycles. The van der Waals surface area contributed by atoms with Crippen molar-refractivity contribution >= 4 is 5.78 Å². The lowest BCUT2D eigenvalue weighted by Gasteiger charge is -2.02. The third-order valence-corrected chi connectivity index (χ3v) is 1.55. The zero-order chi connectivity index (χ0) is 8.97. The van der Waals surface area contributed by atoms with E-state index in [9.17, 15) is 4.79 Å². The minimum Gasteiger partial charge on any atom is -0.298 e. The van der Waals surface area contributed by atoms with Gasteiger partial charge in [0.25, 0.3) is 0 Å². The van der Waals surface area contributed by atoms with E-state index in [2.05, 4.69) is 4.98 Å². The number of carbonyl (C=O) groups excluding carboxylic acids is 1. The Morgan fingerprint density at radius 2 is 2.50 bits per heavy atom. The van der Waals surface area contributed by atoms with Crippen LogP contribution in [0.1, 0.15) is 18.4 Å². The first-order valence-electron chi connectivity index (χ1n) is 3.55. The van der Waals surface area contributed by atoms with Gasteiger partial charge in [0, 0.05) is 12.4 Å². The molecule has 0 unspecified atom stereocenters. The van der Waals surface area contributed by atoms with E-state index in [4.69, 9.17) is 5.26 Å². The summed E-state index contributed by atoms with van der Waals surface area (Å²) in [5.41, 5.74) is 0.660. The van der Waals surface area contributed by atoms with Crippen molar-refractivity contribution < 1.29 is 4.79 Å². The molecule has 0 saturated heterocycles. The van der Waals surface area contributed by atoms with Gasteiger partial charge in [-0.05, 0) is 18.6 Å². The Labute approximate surface area is 70.7 Å². The van der Waals surface area contributed by atoms with Crippen LogP contribution in [0.5, 0.6) is 0 Å². The summed E-state index contributed by atoms with van der Waals surface area (Å²) in [4.78, 5) is 14.8. The van der Waals surface area contributed by atoms with Crippen LogP contribution in [0, 0.1) is 11.3 Å². The predicted molar refractivity (Wildman–Crippen MR) is 43.3 cm³/mol. The molecular formula is C9H8N2O. The Hall–Kier alpha value is -1.69. The van der Waals surface area contributed by atoms with Gasteiger partial charge in [0.2, 0.25) is 0 Å². The van der Waals surface area contributed by atoms with Crippen LogP contribution in [0.3, 0.4) is 0 Å². The SMILES string of the molecule is CC(=O)[C@H](C#N)c1cccnc1. The Morgan fingerprint density at radius 1 is 1.75 bits per heavy atom. The van der Waals surface area contributed by atoms with E-state index < -0.39 is 5.92 Å². The average molecular weight is 160 g/mol. The summed E-state index contributed by atoms with van der Waals surface area (Å²) in [6.45, 7) is 1.40. The Kier molecular flexibility index (Phi) is 2.54. The summed E-state index contributed by atoms with van der Waals surface area (Å²) in [7, 11) is 0. The molecule has 0 spiro atoms. The fourth-order valence-electron chi connectivity index (χ4n) is 0.947. The van der Waals surface area contributed by atoms with Crippen molar-refractivity contribution in [3.63, 3.8) is 0 Å². The normalized spacial score (nSPS) is 11.7. The summed E-state index contributed by atoms with van der Waals surface area (Å²) < 4.78 is 0. The second-order valence-electron chi connectivity index (χ2n) is 2.46. The average Bonchev–Trinajstić information content (AvgIpc) is 2.07. The second kappa shape index (κ2) is 3.63. The molecule has 12 heavy (non-hydrogen) atoms. The van der Waals surface area contributed by atoms with Crippen molar-refractivity contribution in [3.8, 4) is 6.07 Å². The molecule has 1 aromatic heterocycles. The van der Waals surface area contributed by atoms with Gasteiger partial charge >= 0.3 is 0 Å². The van der Waals surface area contributed by atoms with E-state index in [-0.39, 0.29) is 5.78 Å². The molecule has 0 aliphatic carbocycles. The number of nitriles is 1. The predicted octanol–water partition coefficient (Wildman–Crippen LogP) is 1.28. The molecule has 3 nitrogen and oxygen atoms in total. The van der Waals surface area contributed by atoms with Gasteiger partial charge in [-0.3, -0.25) is 9.78 Å². The summed E-state index contributed by atoms with van der Waals surface area (Å²) in [5, 5.41) is 8.65. The number of aromatic nitrogens is 1. The zero-order valence-corrected chi connectivity index (χ0v) is 6.69. The van der Waals surface area contributed by atoms with Crippen LogP contribution in [0.15, 0.2) is 24.5 Å². The Bertz CT molecular complexity index is 313. The summed E-state index contributed by atoms with van der Waals surface area (Å²) in [5.74, 6) is -0.816. The monoisotopic (exact) mass is 160 g/mol. The molecule has 0 radical (unpaired) electrons. The third kappa shape index (κ3) is 1.67. The van der Waals surface area contributed by atoms with Gasteiger partial charge in [-0.2, -0.15) is 5.26 Å². The molecule has 3 heteroatoms. The standard InChI is InChI=1S/C9H8N2O/c1-7(12)9(5-10)8-3-2-4-11-6-8/h2-4,6,9H,1H3/t9-/m0/s1. The lowest BCUT2D eigenvalue weighted by Crippen LogP contribution is -2.06. The van der Waals surface area contributed by atoms with Gasteiger partial charge in [0.05, 0.1) is 6.07 Å². The number of pyridine rings is 1. The van der Waals surface area contributed by atoms with Gasteiger partial charge in [-0.25, -0.2) is 0 Å². The van der Waals surface area contributed by atoms with Crippen LogP contribution in [-0.4, -0.2) is 10.8 Å². The number of Topliss-reactive ketones (excluding diaryl/α,β-unsaturated/α-hetero) is 1. The van der Waals surface area contributed by atoms with Crippen LogP contribution in [0.4, 0.5) is 0 Å². The lowest BCUT2D eigenvalue weighted by atomic mass is 9.99. The smallest absolute Gasteiger partial charge is 0.151 e. The maximum Gasteiger partial charge on any atom is 0.151 e. The van der Waals surface area contributed by atoms with E-state index in [1.807, 2.05) is 6.07 Å². The minimum atomic E-state index is -0.668. The van der Waals surface area contributed by atoms with E-state index in [0.717, 1.165) is 0 Å². The van der Waals surface area contributed by atoms with Crippen LogP contribution >= 0.6 is 0 Å². The number of ketones is 1. The molecular weight excluding hydrogens is 152 g/mol. The van der Waals surface area contributed by atoms with Crippen molar-refractivity contribution in [2.45, 2.75) is 12.8 Å². The largest absolute Gasteiger partial charge is 0.298 e. The molecule has 1 heterocycles. The highest BCUT2D eigenvalue weighted by Crippen LogP contribution is 2.13. The zero-order valence-electron chi connectivity index (χ0n) is 6.69. The highest BCUT2D eigenvalue weighted by Gasteiger charge is 2.14. The fraction of sp³-hybridized carbons (Fsp3) is 0.222. The van der Waals surface area contributed by atoms with Crippen LogP contribution < -0.4 is 0 Å². The topological polar surface area (TPSA) is 53.8 Å². The molecule has 1 aromatic rings. The quantitative estimate of drug-likeness (QED) is 0.654. The van der Waals surface area contributed by atoms with Crippen molar-refractivity contribution in [2.24, 2.45) is 0 Å². The molecule has 60 valence electrons. The van der Waals surface area contributed by atoms with Gasteiger partial charge in [0.15, 0.2) is 5.78 Å². The summed E-state index contributed by atoms with van der Waals surface area (Å²) in [6, 6.07) is 5.36. The maximum atomic E-state index is 10.9. The first-order chi connectivity index (χ1) is 5.75. The highest BCUT2D eigenvalue weighted by atomic mass is 16.1. The molecule has 1 atom stereocenters. The number of hydrogen-bond donors (Lipinski definition) is 0.